The Hall–Kier alpha value is -0.610. The number of nitrogens with two attached hydrogens (primary N) is 2. The molecule has 0 radical (unpaired) electrons. The molecule has 4 heteroatoms. The van der Waals surface area contributed by atoms with Crippen LogP contribution in [0.1, 0.15) is 65.7 Å². The molecule has 0 heterocycles. The lowest BCUT2D eigenvalue weighted by Gasteiger charge is -2.31. The number of amides is 1. The number of unbranched alkanes of at least 4 members (excludes halogenated alkanes) is 1. The van der Waals surface area contributed by atoms with Gasteiger partial charge in [-0.1, -0.05) is 26.7 Å². The Morgan fingerprint density at radius 3 is 2.40 bits per heavy atom. The van der Waals surface area contributed by atoms with E-state index in [-0.39, 0.29) is 0 Å². The molecule has 1 fully saturated rings. The van der Waals surface area contributed by atoms with Crippen LogP contribution in [0.15, 0.2) is 0 Å². The number of carbonyl (C=O) groups is 1. The maximum absolute atomic E-state index is 11.2. The normalized spacial score (nSPS) is 19.7. The Labute approximate surface area is 124 Å². The van der Waals surface area contributed by atoms with E-state index in [0.29, 0.717) is 12.3 Å². The highest BCUT2D eigenvalue weighted by Crippen LogP contribution is 2.24. The lowest BCUT2D eigenvalue weighted by Crippen LogP contribution is -2.49. The lowest BCUT2D eigenvalue weighted by atomic mass is 9.95. The molecule has 1 amide bonds. The maximum Gasteiger partial charge on any atom is 0.237 e. The van der Waals surface area contributed by atoms with E-state index in [9.17, 15) is 4.79 Å². The van der Waals surface area contributed by atoms with Gasteiger partial charge in [-0.25, -0.2) is 0 Å². The number of rotatable bonds is 9. The van der Waals surface area contributed by atoms with Gasteiger partial charge in [-0.3, -0.25) is 4.79 Å². The Kier molecular flexibility index (Phi) is 6.96. The van der Waals surface area contributed by atoms with Gasteiger partial charge in [-0.2, -0.15) is 0 Å². The standard InChI is InChI=1S/C16H33N3O/c1-13(2)12-19(14-8-4-5-9-14)11-7-6-10-16(3,18)15(17)20/h13-14H,4-12,18H2,1-3H3,(H2,17,20). The van der Waals surface area contributed by atoms with Gasteiger partial charge in [-0.15, -0.1) is 0 Å². The third-order valence-corrected chi connectivity index (χ3v) is 4.40. The van der Waals surface area contributed by atoms with Crippen molar-refractivity contribution in [2.45, 2.75) is 77.3 Å². The zero-order valence-electron chi connectivity index (χ0n) is 13.5. The largest absolute Gasteiger partial charge is 0.368 e. The van der Waals surface area contributed by atoms with Crippen molar-refractivity contribution < 1.29 is 4.79 Å². The molecule has 1 aliphatic rings. The van der Waals surface area contributed by atoms with Crippen LogP contribution < -0.4 is 11.5 Å². The molecule has 0 saturated heterocycles. The van der Waals surface area contributed by atoms with Gasteiger partial charge < -0.3 is 16.4 Å². The second-order valence-corrected chi connectivity index (χ2v) is 7.07. The second-order valence-electron chi connectivity index (χ2n) is 7.07. The Bertz CT molecular complexity index is 296. The van der Waals surface area contributed by atoms with Crippen LogP contribution in [0.2, 0.25) is 0 Å². The highest BCUT2D eigenvalue weighted by molar-refractivity contribution is 5.83. The zero-order chi connectivity index (χ0) is 15.2. The first-order valence-corrected chi connectivity index (χ1v) is 8.16. The second kappa shape index (κ2) is 7.99. The predicted octanol–water partition coefficient (Wildman–Crippen LogP) is 2.26. The van der Waals surface area contributed by atoms with Crippen molar-refractivity contribution in [1.29, 1.82) is 0 Å². The minimum absolute atomic E-state index is 0.396. The molecule has 20 heavy (non-hydrogen) atoms. The first kappa shape index (κ1) is 17.4. The molecule has 1 rings (SSSR count). The van der Waals surface area contributed by atoms with E-state index in [1.807, 2.05) is 0 Å². The summed E-state index contributed by atoms with van der Waals surface area (Å²) in [5.74, 6) is 0.313. The van der Waals surface area contributed by atoms with Crippen molar-refractivity contribution in [2.75, 3.05) is 13.1 Å². The SMILES string of the molecule is CC(C)CN(CCCCC(C)(N)C(N)=O)C1CCCC1. The van der Waals surface area contributed by atoms with Crippen LogP contribution in [0.25, 0.3) is 0 Å². The molecule has 1 aliphatic carbocycles. The van der Waals surface area contributed by atoms with E-state index < -0.39 is 11.4 Å². The number of carbonyl (C=O) groups excluding carboxylic acids is 1. The summed E-state index contributed by atoms with van der Waals surface area (Å²) in [6.07, 6.45) is 8.21. The lowest BCUT2D eigenvalue weighted by molar-refractivity contribution is -0.122. The van der Waals surface area contributed by atoms with E-state index in [0.717, 1.165) is 25.4 Å². The molecule has 0 bridgehead atoms. The Balaban J connectivity index is 2.33. The quantitative estimate of drug-likeness (QED) is 0.638. The predicted molar refractivity (Wildman–Crippen MR) is 84.3 cm³/mol. The van der Waals surface area contributed by atoms with Crippen LogP contribution in [0.3, 0.4) is 0 Å². The molecular weight excluding hydrogens is 250 g/mol. The molecule has 1 saturated carbocycles. The van der Waals surface area contributed by atoms with Gasteiger partial charge in [-0.05, 0) is 51.5 Å². The van der Waals surface area contributed by atoms with Crippen molar-refractivity contribution in [1.82, 2.24) is 4.90 Å². The van der Waals surface area contributed by atoms with E-state index in [2.05, 4.69) is 18.7 Å². The summed E-state index contributed by atoms with van der Waals surface area (Å²) in [5, 5.41) is 0. The highest BCUT2D eigenvalue weighted by atomic mass is 16.1. The first-order valence-electron chi connectivity index (χ1n) is 8.16. The summed E-state index contributed by atoms with van der Waals surface area (Å²) in [6.45, 7) is 8.61. The summed E-state index contributed by atoms with van der Waals surface area (Å²) in [6, 6.07) is 0.776. The third-order valence-electron chi connectivity index (χ3n) is 4.40. The highest BCUT2D eigenvalue weighted by Gasteiger charge is 2.26. The minimum atomic E-state index is -0.851. The third kappa shape index (κ3) is 5.80. The van der Waals surface area contributed by atoms with Crippen molar-refractivity contribution in [2.24, 2.45) is 17.4 Å². The van der Waals surface area contributed by atoms with Crippen LogP contribution in [0, 0.1) is 5.92 Å². The molecule has 118 valence electrons. The average Bonchev–Trinajstić information content (AvgIpc) is 2.86. The number of hydrogen-bond acceptors (Lipinski definition) is 3. The molecule has 0 aromatic rings. The van der Waals surface area contributed by atoms with E-state index >= 15 is 0 Å². The Morgan fingerprint density at radius 2 is 1.90 bits per heavy atom. The van der Waals surface area contributed by atoms with Gasteiger partial charge in [0.2, 0.25) is 5.91 Å². The molecule has 4 N–H and O–H groups in total. The molecule has 4 nitrogen and oxygen atoms in total. The molecule has 0 aromatic heterocycles. The van der Waals surface area contributed by atoms with Crippen LogP contribution in [-0.4, -0.2) is 35.5 Å². The molecule has 1 atom stereocenters. The van der Waals surface area contributed by atoms with Gasteiger partial charge in [0.25, 0.3) is 0 Å². The van der Waals surface area contributed by atoms with Crippen molar-refractivity contribution in [3.63, 3.8) is 0 Å². The summed E-state index contributed by atoms with van der Waals surface area (Å²) in [5.41, 5.74) is 10.3. The summed E-state index contributed by atoms with van der Waals surface area (Å²) in [7, 11) is 0. The molecule has 1 unspecified atom stereocenters. The molecular formula is C16H33N3O. The van der Waals surface area contributed by atoms with E-state index in [4.69, 9.17) is 11.5 Å². The smallest absolute Gasteiger partial charge is 0.237 e. The first-order chi connectivity index (χ1) is 9.33. The monoisotopic (exact) mass is 283 g/mol. The number of hydrogen-bond donors (Lipinski definition) is 2. The number of primary amides is 1. The van der Waals surface area contributed by atoms with Gasteiger partial charge >= 0.3 is 0 Å². The fourth-order valence-corrected chi connectivity index (χ4v) is 3.09. The molecule has 0 spiro atoms. The summed E-state index contributed by atoms with van der Waals surface area (Å²) in [4.78, 5) is 13.8. The zero-order valence-corrected chi connectivity index (χ0v) is 13.5. The molecule has 0 aliphatic heterocycles. The van der Waals surface area contributed by atoms with Crippen LogP contribution >= 0.6 is 0 Å². The van der Waals surface area contributed by atoms with E-state index in [1.165, 1.54) is 32.2 Å². The van der Waals surface area contributed by atoms with E-state index in [1.54, 1.807) is 6.92 Å². The van der Waals surface area contributed by atoms with Crippen LogP contribution in [0.4, 0.5) is 0 Å². The maximum atomic E-state index is 11.2. The minimum Gasteiger partial charge on any atom is -0.368 e. The van der Waals surface area contributed by atoms with Crippen molar-refractivity contribution in [3.8, 4) is 0 Å². The van der Waals surface area contributed by atoms with Gasteiger partial charge in [0, 0.05) is 12.6 Å². The van der Waals surface area contributed by atoms with Crippen LogP contribution in [0.5, 0.6) is 0 Å². The average molecular weight is 283 g/mol. The molecule has 0 aromatic carbocycles. The van der Waals surface area contributed by atoms with Gasteiger partial charge in [0.05, 0.1) is 5.54 Å². The van der Waals surface area contributed by atoms with Crippen molar-refractivity contribution in [3.05, 3.63) is 0 Å². The fourth-order valence-electron chi connectivity index (χ4n) is 3.09. The topological polar surface area (TPSA) is 72.3 Å². The Morgan fingerprint density at radius 1 is 1.30 bits per heavy atom. The summed E-state index contributed by atoms with van der Waals surface area (Å²) >= 11 is 0. The van der Waals surface area contributed by atoms with Gasteiger partial charge in [0.1, 0.15) is 0 Å². The summed E-state index contributed by atoms with van der Waals surface area (Å²) < 4.78 is 0. The fraction of sp³-hybridized carbons (Fsp3) is 0.938. The van der Waals surface area contributed by atoms with Crippen LogP contribution in [-0.2, 0) is 4.79 Å². The van der Waals surface area contributed by atoms with Crippen molar-refractivity contribution >= 4 is 5.91 Å². The van der Waals surface area contributed by atoms with Gasteiger partial charge in [0.15, 0.2) is 0 Å². The number of nitrogens with zero attached hydrogens (tertiary/aromatic N) is 1.